The van der Waals surface area contributed by atoms with Crippen LogP contribution in [-0.2, 0) is 9.53 Å². The van der Waals surface area contributed by atoms with Crippen molar-refractivity contribution in [1.82, 2.24) is 29.3 Å². The fraction of sp³-hybridized carbons (Fsp3) is 0.583. The first-order valence-corrected chi connectivity index (χ1v) is 12.1. The minimum absolute atomic E-state index is 0.0751. The highest BCUT2D eigenvalue weighted by molar-refractivity contribution is 5.83. The Morgan fingerprint density at radius 2 is 2.03 bits per heavy atom. The molecule has 0 spiro atoms. The molecule has 1 aliphatic carbocycles. The number of nitrogens with zero attached hydrogens (tertiary/aromatic N) is 6. The number of carbonyl (C=O) groups is 1. The summed E-state index contributed by atoms with van der Waals surface area (Å²) in [4.78, 5) is 18.8. The van der Waals surface area contributed by atoms with Gasteiger partial charge in [0.2, 0.25) is 11.9 Å². The molecular formula is C24H33N7O3. The number of rotatable bonds is 7. The summed E-state index contributed by atoms with van der Waals surface area (Å²) in [5.41, 5.74) is 3.97. The third-order valence-corrected chi connectivity index (χ3v) is 7.08. The van der Waals surface area contributed by atoms with E-state index in [-0.39, 0.29) is 24.1 Å². The fourth-order valence-corrected chi connectivity index (χ4v) is 5.18. The predicted octanol–water partition coefficient (Wildman–Crippen LogP) is 2.46. The van der Waals surface area contributed by atoms with Crippen molar-refractivity contribution in [2.24, 2.45) is 0 Å². The second-order valence-electron chi connectivity index (χ2n) is 9.64. The summed E-state index contributed by atoms with van der Waals surface area (Å²) in [6.07, 6.45) is 9.60. The number of carbonyl (C=O) groups excluding carboxylic acids is 1. The summed E-state index contributed by atoms with van der Waals surface area (Å²) >= 11 is 0. The van der Waals surface area contributed by atoms with E-state index < -0.39 is 0 Å². The smallest absolute Gasteiger partial charge is 0.247 e. The van der Waals surface area contributed by atoms with E-state index in [9.17, 15) is 9.90 Å². The first-order chi connectivity index (χ1) is 16.4. The van der Waals surface area contributed by atoms with Gasteiger partial charge in [-0.3, -0.25) is 9.48 Å². The van der Waals surface area contributed by atoms with Gasteiger partial charge in [-0.15, -0.1) is 5.10 Å². The molecule has 0 unspecified atom stereocenters. The molecule has 3 aromatic rings. The molecule has 2 atom stereocenters. The number of aliphatic hydroxyl groups is 1. The molecule has 0 aromatic carbocycles. The molecule has 3 aromatic heterocycles. The maximum absolute atomic E-state index is 12.5. The normalized spacial score (nSPS) is 24.2. The minimum Gasteiger partial charge on any atom is -0.393 e. The molecule has 10 nitrogen and oxygen atoms in total. The van der Waals surface area contributed by atoms with Crippen LogP contribution in [0.5, 0.6) is 0 Å². The third-order valence-electron chi connectivity index (χ3n) is 7.08. The lowest BCUT2D eigenvalue weighted by atomic mass is 9.85. The maximum Gasteiger partial charge on any atom is 0.247 e. The van der Waals surface area contributed by atoms with Crippen molar-refractivity contribution in [3.8, 4) is 11.1 Å². The molecule has 5 rings (SSSR count). The van der Waals surface area contributed by atoms with Gasteiger partial charge >= 0.3 is 0 Å². The van der Waals surface area contributed by atoms with Crippen molar-refractivity contribution in [2.75, 3.05) is 32.6 Å². The Bertz CT molecular complexity index is 1160. The highest BCUT2D eigenvalue weighted by Gasteiger charge is 2.32. The summed E-state index contributed by atoms with van der Waals surface area (Å²) in [5.74, 6) is 0.956. The summed E-state index contributed by atoms with van der Waals surface area (Å²) in [6, 6.07) is 2.01. The average molecular weight is 468 g/mol. The van der Waals surface area contributed by atoms with E-state index in [1.54, 1.807) is 16.7 Å². The Labute approximate surface area is 198 Å². The van der Waals surface area contributed by atoms with Gasteiger partial charge in [0, 0.05) is 55.7 Å². The van der Waals surface area contributed by atoms with Gasteiger partial charge in [0.25, 0.3) is 0 Å². The van der Waals surface area contributed by atoms with Crippen LogP contribution in [0.1, 0.15) is 56.7 Å². The number of hydrogen-bond acceptors (Lipinski definition) is 7. The zero-order valence-corrected chi connectivity index (χ0v) is 20.0. The minimum atomic E-state index is -0.249. The molecule has 34 heavy (non-hydrogen) atoms. The standard InChI is InChI=1S/C24H33N7O3/c1-15(14-34-3)27-24-25-12-22-19(10-21(31(22)28-24)16-4-6-18(32)7-5-16)17-11-26-30(13-17)20-8-9-29(2)23(20)33/h10-13,15-16,18,20,32H,4-9,14H2,1-3H3,(H,27,28)/t15-,16-,18-,20-/m0/s1. The van der Waals surface area contributed by atoms with Crippen LogP contribution < -0.4 is 5.32 Å². The van der Waals surface area contributed by atoms with Gasteiger partial charge in [0.05, 0.1) is 30.6 Å². The van der Waals surface area contributed by atoms with Gasteiger partial charge < -0.3 is 20.1 Å². The van der Waals surface area contributed by atoms with Crippen LogP contribution in [0.2, 0.25) is 0 Å². The molecule has 1 saturated heterocycles. The molecule has 182 valence electrons. The summed E-state index contributed by atoms with van der Waals surface area (Å²) in [7, 11) is 3.51. The van der Waals surface area contributed by atoms with Crippen LogP contribution in [0.15, 0.2) is 24.7 Å². The molecule has 4 heterocycles. The van der Waals surface area contributed by atoms with Crippen LogP contribution in [0, 0.1) is 0 Å². The van der Waals surface area contributed by atoms with Gasteiger partial charge in [-0.25, -0.2) is 9.50 Å². The Hall–Kier alpha value is -2.98. The Morgan fingerprint density at radius 1 is 1.24 bits per heavy atom. The molecule has 1 saturated carbocycles. The lowest BCUT2D eigenvalue weighted by molar-refractivity contribution is -0.129. The van der Waals surface area contributed by atoms with E-state index in [1.807, 2.05) is 37.1 Å². The molecular weight excluding hydrogens is 434 g/mol. The van der Waals surface area contributed by atoms with Crippen molar-refractivity contribution in [2.45, 2.75) is 63.1 Å². The summed E-state index contributed by atoms with van der Waals surface area (Å²) in [6.45, 7) is 3.33. The Balaban J connectivity index is 1.52. The van der Waals surface area contributed by atoms with Gasteiger partial charge in [-0.2, -0.15) is 5.10 Å². The SMILES string of the molecule is COC[C@H](C)Nc1ncc2c(-c3cnn([C@H]4CCN(C)C4=O)c3)cc([C@H]3CC[C@H](O)CC3)n2n1. The van der Waals surface area contributed by atoms with Gasteiger partial charge in [-0.05, 0) is 45.1 Å². The molecule has 2 aliphatic rings. The number of nitrogens with one attached hydrogen (secondary N) is 1. The summed E-state index contributed by atoms with van der Waals surface area (Å²) < 4.78 is 8.99. The third kappa shape index (κ3) is 4.27. The zero-order valence-electron chi connectivity index (χ0n) is 20.0. The molecule has 10 heteroatoms. The van der Waals surface area contributed by atoms with Crippen molar-refractivity contribution >= 4 is 17.4 Å². The van der Waals surface area contributed by atoms with Gasteiger partial charge in [0.15, 0.2) is 0 Å². The fourth-order valence-electron chi connectivity index (χ4n) is 5.18. The average Bonchev–Trinajstić information content (AvgIpc) is 3.52. The van der Waals surface area contributed by atoms with Crippen molar-refractivity contribution in [3.63, 3.8) is 0 Å². The van der Waals surface area contributed by atoms with Crippen LogP contribution in [-0.4, -0.2) is 79.7 Å². The van der Waals surface area contributed by atoms with Crippen molar-refractivity contribution in [1.29, 1.82) is 0 Å². The Kier molecular flexibility index (Phi) is 6.26. The first-order valence-electron chi connectivity index (χ1n) is 12.1. The molecule has 2 N–H and O–H groups in total. The van der Waals surface area contributed by atoms with Crippen LogP contribution >= 0.6 is 0 Å². The number of likely N-dealkylation sites (tertiary alicyclic amines) is 1. The molecule has 2 fully saturated rings. The lowest BCUT2D eigenvalue weighted by Crippen LogP contribution is -2.24. The van der Waals surface area contributed by atoms with Crippen molar-refractivity contribution < 1.29 is 14.6 Å². The number of anilines is 1. The lowest BCUT2D eigenvalue weighted by Gasteiger charge is -2.25. The maximum atomic E-state index is 12.5. The van der Waals surface area contributed by atoms with E-state index in [0.29, 0.717) is 18.5 Å². The first kappa shape index (κ1) is 22.8. The van der Waals surface area contributed by atoms with E-state index in [0.717, 1.165) is 61.0 Å². The number of aromatic nitrogens is 5. The van der Waals surface area contributed by atoms with Crippen LogP contribution in [0.3, 0.4) is 0 Å². The second-order valence-corrected chi connectivity index (χ2v) is 9.64. The quantitative estimate of drug-likeness (QED) is 0.549. The number of hydrogen-bond donors (Lipinski definition) is 2. The van der Waals surface area contributed by atoms with E-state index >= 15 is 0 Å². The second kappa shape index (κ2) is 9.34. The van der Waals surface area contributed by atoms with Crippen LogP contribution in [0.25, 0.3) is 16.6 Å². The largest absolute Gasteiger partial charge is 0.393 e. The number of aliphatic hydroxyl groups excluding tert-OH is 1. The van der Waals surface area contributed by atoms with Crippen molar-refractivity contribution in [3.05, 3.63) is 30.4 Å². The molecule has 0 bridgehead atoms. The highest BCUT2D eigenvalue weighted by Crippen LogP contribution is 2.38. The molecule has 1 aliphatic heterocycles. The molecule has 0 radical (unpaired) electrons. The number of likely N-dealkylation sites (N-methyl/N-ethyl adjacent to an activating group) is 1. The van der Waals surface area contributed by atoms with E-state index in [1.165, 1.54) is 0 Å². The van der Waals surface area contributed by atoms with Gasteiger partial charge in [0.1, 0.15) is 6.04 Å². The monoisotopic (exact) mass is 467 g/mol. The molecule has 1 amide bonds. The highest BCUT2D eigenvalue weighted by atomic mass is 16.5. The van der Waals surface area contributed by atoms with Gasteiger partial charge in [-0.1, -0.05) is 0 Å². The Morgan fingerprint density at radius 3 is 2.74 bits per heavy atom. The van der Waals surface area contributed by atoms with E-state index in [2.05, 4.69) is 21.5 Å². The van der Waals surface area contributed by atoms with Crippen LogP contribution in [0.4, 0.5) is 5.95 Å². The number of ether oxygens (including phenoxy) is 1. The number of fused-ring (bicyclic) bond motifs is 1. The number of amides is 1. The number of methoxy groups -OCH3 is 1. The zero-order chi connectivity index (χ0) is 23.8. The summed E-state index contributed by atoms with van der Waals surface area (Å²) in [5, 5.41) is 22.7. The van der Waals surface area contributed by atoms with E-state index in [4.69, 9.17) is 9.84 Å². The topological polar surface area (TPSA) is 110 Å². The predicted molar refractivity (Wildman–Crippen MR) is 128 cm³/mol.